The summed E-state index contributed by atoms with van der Waals surface area (Å²) in [5.41, 5.74) is 1.88. The summed E-state index contributed by atoms with van der Waals surface area (Å²) in [5.74, 6) is -1.15. The van der Waals surface area contributed by atoms with Crippen molar-refractivity contribution in [3.63, 3.8) is 0 Å². The number of amides is 3. The molecule has 2 aromatic carbocycles. The van der Waals surface area contributed by atoms with E-state index in [1.165, 1.54) is 0 Å². The molecule has 0 aliphatic heterocycles. The highest BCUT2D eigenvalue weighted by Gasteiger charge is 2.16. The molecule has 1 atom stereocenters. The summed E-state index contributed by atoms with van der Waals surface area (Å²) >= 11 is 0. The molecule has 0 spiro atoms. The van der Waals surface area contributed by atoms with E-state index in [4.69, 9.17) is 5.11 Å². The van der Waals surface area contributed by atoms with E-state index in [9.17, 15) is 14.4 Å². The number of hydrogen-bond acceptors (Lipinski definition) is 3. The number of carboxylic acids is 1. The average molecular weight is 397 g/mol. The number of carbonyl (C=O) groups excluding carboxylic acids is 2. The van der Waals surface area contributed by atoms with Gasteiger partial charge in [-0.3, -0.25) is 9.59 Å². The molecule has 0 bridgehead atoms. The summed E-state index contributed by atoms with van der Waals surface area (Å²) < 4.78 is 0. The van der Waals surface area contributed by atoms with Crippen molar-refractivity contribution in [2.45, 2.75) is 31.8 Å². The maximum Gasteiger partial charge on any atom is 0.317 e. The second-order valence-corrected chi connectivity index (χ2v) is 6.79. The van der Waals surface area contributed by atoms with E-state index in [0.717, 1.165) is 11.1 Å². The van der Waals surface area contributed by atoms with Crippen LogP contribution >= 0.6 is 0 Å². The number of benzene rings is 2. The highest BCUT2D eigenvalue weighted by molar-refractivity contribution is 5.78. The Morgan fingerprint density at radius 3 is 2.21 bits per heavy atom. The van der Waals surface area contributed by atoms with Crippen molar-refractivity contribution in [3.05, 3.63) is 71.8 Å². The minimum absolute atomic E-state index is 0.0408. The first kappa shape index (κ1) is 21.9. The smallest absolute Gasteiger partial charge is 0.317 e. The first-order valence-corrected chi connectivity index (χ1v) is 9.54. The molecule has 0 aliphatic rings. The molecular weight excluding hydrogens is 370 g/mol. The number of hydrogen-bond donors (Lipinski definition) is 3. The lowest BCUT2D eigenvalue weighted by Gasteiger charge is -2.20. The maximum atomic E-state index is 12.3. The van der Waals surface area contributed by atoms with Gasteiger partial charge in [0.1, 0.15) is 0 Å². The molecule has 0 fully saturated rings. The Balaban J connectivity index is 1.79. The third-order valence-electron chi connectivity index (χ3n) is 4.42. The van der Waals surface area contributed by atoms with Crippen molar-refractivity contribution in [3.8, 4) is 0 Å². The van der Waals surface area contributed by atoms with Crippen molar-refractivity contribution in [2.75, 3.05) is 13.6 Å². The van der Waals surface area contributed by atoms with Crippen LogP contribution in [0.4, 0.5) is 4.79 Å². The van der Waals surface area contributed by atoms with Crippen LogP contribution in [-0.2, 0) is 16.1 Å². The van der Waals surface area contributed by atoms with Crippen LogP contribution in [0.3, 0.4) is 0 Å². The summed E-state index contributed by atoms with van der Waals surface area (Å²) in [4.78, 5) is 36.9. The molecule has 0 aromatic heterocycles. The largest absolute Gasteiger partial charge is 0.481 e. The highest BCUT2D eigenvalue weighted by Crippen LogP contribution is 2.18. The summed E-state index contributed by atoms with van der Waals surface area (Å²) in [5, 5.41) is 14.5. The molecule has 3 amide bonds. The van der Waals surface area contributed by atoms with Gasteiger partial charge in [0.2, 0.25) is 5.91 Å². The molecule has 7 nitrogen and oxygen atoms in total. The summed E-state index contributed by atoms with van der Waals surface area (Å²) in [6, 6.07) is 18.3. The van der Waals surface area contributed by atoms with Gasteiger partial charge >= 0.3 is 12.0 Å². The molecule has 0 radical (unpaired) electrons. The number of aliphatic carboxylic acids is 1. The molecule has 2 rings (SSSR count). The zero-order chi connectivity index (χ0) is 21.1. The molecule has 0 saturated heterocycles. The monoisotopic (exact) mass is 397 g/mol. The third kappa shape index (κ3) is 8.04. The SMILES string of the molecule is CN(Cc1ccccc1)C(=O)NCCC(=O)NC(CCC(=O)O)c1ccccc1. The van der Waals surface area contributed by atoms with Gasteiger partial charge in [-0.1, -0.05) is 60.7 Å². The molecule has 7 heteroatoms. The van der Waals surface area contributed by atoms with Crippen LogP contribution in [0.1, 0.15) is 36.4 Å². The van der Waals surface area contributed by atoms with Gasteiger partial charge < -0.3 is 20.6 Å². The number of nitrogens with zero attached hydrogens (tertiary/aromatic N) is 1. The van der Waals surface area contributed by atoms with Gasteiger partial charge in [-0.05, 0) is 17.5 Å². The van der Waals surface area contributed by atoms with Gasteiger partial charge in [0, 0.05) is 33.0 Å². The number of urea groups is 1. The first-order chi connectivity index (χ1) is 14.0. The second kappa shape index (κ2) is 11.5. The Morgan fingerprint density at radius 2 is 1.59 bits per heavy atom. The molecule has 0 heterocycles. The van der Waals surface area contributed by atoms with E-state index in [-0.39, 0.29) is 37.4 Å². The lowest BCUT2D eigenvalue weighted by atomic mass is 10.0. The van der Waals surface area contributed by atoms with Gasteiger partial charge in [0.05, 0.1) is 6.04 Å². The van der Waals surface area contributed by atoms with Crippen LogP contribution in [0.2, 0.25) is 0 Å². The number of carboxylic acid groups (broad SMARTS) is 1. The van der Waals surface area contributed by atoms with E-state index >= 15 is 0 Å². The Bertz CT molecular complexity index is 796. The van der Waals surface area contributed by atoms with E-state index in [2.05, 4.69) is 10.6 Å². The van der Waals surface area contributed by atoms with Gasteiger partial charge in [-0.25, -0.2) is 4.79 Å². The summed E-state index contributed by atoms with van der Waals surface area (Å²) in [6.07, 6.45) is 0.374. The van der Waals surface area contributed by atoms with Crippen LogP contribution < -0.4 is 10.6 Å². The predicted molar refractivity (Wildman–Crippen MR) is 110 cm³/mol. The predicted octanol–water partition coefficient (Wildman–Crippen LogP) is 2.94. The highest BCUT2D eigenvalue weighted by atomic mass is 16.4. The fraction of sp³-hybridized carbons (Fsp3) is 0.318. The molecular formula is C22H27N3O4. The van der Waals surface area contributed by atoms with Gasteiger partial charge in [-0.15, -0.1) is 0 Å². The van der Waals surface area contributed by atoms with Crippen molar-refractivity contribution in [1.82, 2.24) is 15.5 Å². The maximum absolute atomic E-state index is 12.3. The van der Waals surface area contributed by atoms with Gasteiger partial charge in [0.25, 0.3) is 0 Å². The fourth-order valence-corrected chi connectivity index (χ4v) is 2.89. The number of carbonyl (C=O) groups is 3. The van der Waals surface area contributed by atoms with E-state index < -0.39 is 5.97 Å². The van der Waals surface area contributed by atoms with Crippen LogP contribution in [0, 0.1) is 0 Å². The number of nitrogens with one attached hydrogen (secondary N) is 2. The average Bonchev–Trinajstić information content (AvgIpc) is 2.72. The van der Waals surface area contributed by atoms with Crippen molar-refractivity contribution in [1.29, 1.82) is 0 Å². The standard InChI is InChI=1S/C22H27N3O4/c1-25(16-17-8-4-2-5-9-17)22(29)23-15-14-20(26)24-19(12-13-21(27)28)18-10-6-3-7-11-18/h2-11,19H,12-16H2,1H3,(H,23,29)(H,24,26)(H,27,28). The quantitative estimate of drug-likeness (QED) is 0.574. The minimum Gasteiger partial charge on any atom is -0.481 e. The molecule has 1 unspecified atom stereocenters. The first-order valence-electron chi connectivity index (χ1n) is 9.54. The number of rotatable bonds is 10. The Labute approximate surface area is 170 Å². The second-order valence-electron chi connectivity index (χ2n) is 6.79. The van der Waals surface area contributed by atoms with Gasteiger partial charge in [0.15, 0.2) is 0 Å². The molecule has 29 heavy (non-hydrogen) atoms. The van der Waals surface area contributed by atoms with Crippen LogP contribution in [0.25, 0.3) is 0 Å². The lowest BCUT2D eigenvalue weighted by molar-refractivity contribution is -0.137. The Hall–Kier alpha value is -3.35. The van der Waals surface area contributed by atoms with E-state index in [1.807, 2.05) is 60.7 Å². The van der Waals surface area contributed by atoms with Crippen molar-refractivity contribution in [2.24, 2.45) is 0 Å². The lowest BCUT2D eigenvalue weighted by Crippen LogP contribution is -2.39. The molecule has 154 valence electrons. The normalized spacial score (nSPS) is 11.3. The van der Waals surface area contributed by atoms with Crippen LogP contribution in [0.5, 0.6) is 0 Å². The summed E-state index contributed by atoms with van der Waals surface area (Å²) in [6.45, 7) is 0.675. The Morgan fingerprint density at radius 1 is 0.966 bits per heavy atom. The van der Waals surface area contributed by atoms with E-state index in [0.29, 0.717) is 13.0 Å². The fourth-order valence-electron chi connectivity index (χ4n) is 2.89. The van der Waals surface area contributed by atoms with Crippen LogP contribution in [-0.4, -0.2) is 41.5 Å². The Kier molecular flexibility index (Phi) is 8.69. The zero-order valence-electron chi connectivity index (χ0n) is 16.5. The van der Waals surface area contributed by atoms with Crippen molar-refractivity contribution >= 4 is 17.9 Å². The third-order valence-corrected chi connectivity index (χ3v) is 4.42. The molecule has 0 saturated carbocycles. The topological polar surface area (TPSA) is 98.7 Å². The van der Waals surface area contributed by atoms with Crippen molar-refractivity contribution < 1.29 is 19.5 Å². The van der Waals surface area contributed by atoms with Gasteiger partial charge in [-0.2, -0.15) is 0 Å². The molecule has 0 aliphatic carbocycles. The summed E-state index contributed by atoms with van der Waals surface area (Å²) in [7, 11) is 1.69. The molecule has 3 N–H and O–H groups in total. The molecule has 2 aromatic rings. The zero-order valence-corrected chi connectivity index (χ0v) is 16.5. The van der Waals surface area contributed by atoms with Crippen LogP contribution in [0.15, 0.2) is 60.7 Å². The minimum atomic E-state index is -0.908. The van der Waals surface area contributed by atoms with E-state index in [1.54, 1.807) is 11.9 Å².